The van der Waals surface area contributed by atoms with E-state index in [2.05, 4.69) is 24.3 Å². The summed E-state index contributed by atoms with van der Waals surface area (Å²) in [5.74, 6) is 3.63. The zero-order valence-corrected chi connectivity index (χ0v) is 20.4. The van der Waals surface area contributed by atoms with E-state index in [0.29, 0.717) is 34.5 Å². The second-order valence-corrected chi connectivity index (χ2v) is 7.25. The molecular formula is C28H30O6. The van der Waals surface area contributed by atoms with Gasteiger partial charge >= 0.3 is 0 Å². The van der Waals surface area contributed by atoms with Crippen molar-refractivity contribution in [2.45, 2.75) is 0 Å². The van der Waals surface area contributed by atoms with Crippen LogP contribution in [0.3, 0.4) is 0 Å². The highest BCUT2D eigenvalue weighted by Gasteiger charge is 2.13. The molecule has 0 unspecified atom stereocenters. The van der Waals surface area contributed by atoms with E-state index < -0.39 is 0 Å². The summed E-state index contributed by atoms with van der Waals surface area (Å²) in [7, 11) is 9.61. The van der Waals surface area contributed by atoms with Crippen molar-refractivity contribution in [2.24, 2.45) is 0 Å². The van der Waals surface area contributed by atoms with E-state index in [-0.39, 0.29) is 0 Å². The van der Waals surface area contributed by atoms with Crippen LogP contribution < -0.4 is 28.4 Å². The van der Waals surface area contributed by atoms with Gasteiger partial charge in [0.1, 0.15) is 0 Å². The van der Waals surface area contributed by atoms with Crippen LogP contribution in [0.15, 0.2) is 48.5 Å². The van der Waals surface area contributed by atoms with Crippen molar-refractivity contribution in [3.63, 3.8) is 0 Å². The number of hydrogen-bond acceptors (Lipinski definition) is 6. The fourth-order valence-corrected chi connectivity index (χ4v) is 3.50. The molecule has 0 saturated carbocycles. The maximum Gasteiger partial charge on any atom is 0.203 e. The van der Waals surface area contributed by atoms with Gasteiger partial charge in [-0.2, -0.15) is 0 Å². The molecule has 6 nitrogen and oxygen atoms in total. The summed E-state index contributed by atoms with van der Waals surface area (Å²) >= 11 is 0. The number of benzene rings is 3. The zero-order chi connectivity index (χ0) is 24.5. The van der Waals surface area contributed by atoms with Crippen LogP contribution in [0.2, 0.25) is 0 Å². The van der Waals surface area contributed by atoms with Gasteiger partial charge in [0.25, 0.3) is 0 Å². The van der Waals surface area contributed by atoms with Crippen molar-refractivity contribution in [1.29, 1.82) is 0 Å². The Labute approximate surface area is 200 Å². The van der Waals surface area contributed by atoms with Crippen molar-refractivity contribution >= 4 is 24.3 Å². The Morgan fingerprint density at radius 2 is 0.647 bits per heavy atom. The van der Waals surface area contributed by atoms with Gasteiger partial charge < -0.3 is 28.4 Å². The summed E-state index contributed by atoms with van der Waals surface area (Å²) in [6.45, 7) is 0. The van der Waals surface area contributed by atoms with Gasteiger partial charge in [0, 0.05) is 0 Å². The predicted octanol–water partition coefficient (Wildman–Crippen LogP) is 6.08. The second-order valence-electron chi connectivity index (χ2n) is 7.25. The normalized spacial score (nSPS) is 11.0. The Hall–Kier alpha value is -4.06. The minimum absolute atomic E-state index is 0.574. The van der Waals surface area contributed by atoms with E-state index in [9.17, 15) is 0 Å². The SMILES string of the molecule is COc1cc(C=Cc2ccc(/C=C/c3cc(OC)c(OC)c(OC)c3)cc2)cc(OC)c1OC. The van der Waals surface area contributed by atoms with Crippen LogP contribution in [-0.2, 0) is 0 Å². The molecule has 3 rings (SSSR count). The average molecular weight is 463 g/mol. The lowest BCUT2D eigenvalue weighted by Gasteiger charge is -2.12. The van der Waals surface area contributed by atoms with E-state index in [1.54, 1.807) is 42.7 Å². The molecule has 6 heteroatoms. The molecule has 0 fully saturated rings. The molecule has 3 aromatic carbocycles. The third-order valence-corrected chi connectivity index (χ3v) is 5.25. The molecule has 0 aliphatic rings. The Morgan fingerprint density at radius 3 is 0.882 bits per heavy atom. The first-order valence-electron chi connectivity index (χ1n) is 10.6. The largest absolute Gasteiger partial charge is 0.493 e. The molecule has 178 valence electrons. The summed E-state index contributed by atoms with van der Waals surface area (Å²) in [5, 5.41) is 0. The van der Waals surface area contributed by atoms with Crippen LogP contribution in [-0.4, -0.2) is 42.7 Å². The third kappa shape index (κ3) is 5.64. The Kier molecular flexibility index (Phi) is 8.46. The van der Waals surface area contributed by atoms with Crippen LogP contribution in [0.25, 0.3) is 24.3 Å². The standard InChI is InChI=1S/C28H30O6/c1-29-23-15-21(16-24(30-2)27(23)33-5)13-11-19-7-9-20(10-8-19)12-14-22-17-25(31-3)28(34-6)26(18-22)32-4/h7-18H,1-6H3/b13-11+,14-12?. The molecule has 0 spiro atoms. The molecule has 0 atom stereocenters. The van der Waals surface area contributed by atoms with Crippen LogP contribution in [0, 0.1) is 0 Å². The topological polar surface area (TPSA) is 55.4 Å². The van der Waals surface area contributed by atoms with Gasteiger partial charge in [-0.1, -0.05) is 48.6 Å². The fraction of sp³-hybridized carbons (Fsp3) is 0.214. The van der Waals surface area contributed by atoms with Crippen molar-refractivity contribution < 1.29 is 28.4 Å². The molecule has 0 bridgehead atoms. The lowest BCUT2D eigenvalue weighted by molar-refractivity contribution is 0.324. The minimum Gasteiger partial charge on any atom is -0.493 e. The van der Waals surface area contributed by atoms with E-state index in [1.807, 2.05) is 48.6 Å². The Morgan fingerprint density at radius 1 is 0.382 bits per heavy atom. The molecule has 3 aromatic rings. The first-order valence-corrected chi connectivity index (χ1v) is 10.6. The molecule has 34 heavy (non-hydrogen) atoms. The molecule has 0 saturated heterocycles. The van der Waals surface area contributed by atoms with E-state index in [1.165, 1.54) is 0 Å². The van der Waals surface area contributed by atoms with Gasteiger partial charge in [0.2, 0.25) is 11.5 Å². The summed E-state index contributed by atoms with van der Waals surface area (Å²) in [4.78, 5) is 0. The van der Waals surface area contributed by atoms with E-state index in [0.717, 1.165) is 22.3 Å². The Bertz CT molecular complexity index is 1020. The van der Waals surface area contributed by atoms with Gasteiger partial charge in [0.05, 0.1) is 42.7 Å². The van der Waals surface area contributed by atoms with Crippen molar-refractivity contribution in [3.05, 3.63) is 70.8 Å². The molecule has 0 N–H and O–H groups in total. The first-order chi connectivity index (χ1) is 16.6. The number of hydrogen-bond donors (Lipinski definition) is 0. The van der Waals surface area contributed by atoms with Gasteiger partial charge in [-0.3, -0.25) is 0 Å². The van der Waals surface area contributed by atoms with E-state index in [4.69, 9.17) is 28.4 Å². The molecular weight excluding hydrogens is 432 g/mol. The molecule has 0 aliphatic heterocycles. The number of ether oxygens (including phenoxy) is 6. The van der Waals surface area contributed by atoms with Crippen LogP contribution in [0.1, 0.15) is 22.3 Å². The first kappa shape index (κ1) is 24.6. The average Bonchev–Trinajstić information content (AvgIpc) is 2.89. The highest BCUT2D eigenvalue weighted by molar-refractivity contribution is 5.75. The van der Waals surface area contributed by atoms with Gasteiger partial charge in [0.15, 0.2) is 23.0 Å². The highest BCUT2D eigenvalue weighted by atomic mass is 16.5. The zero-order valence-electron chi connectivity index (χ0n) is 20.4. The number of rotatable bonds is 10. The summed E-state index contributed by atoms with van der Waals surface area (Å²) in [5.41, 5.74) is 4.03. The molecule has 0 heterocycles. The van der Waals surface area contributed by atoms with Crippen LogP contribution >= 0.6 is 0 Å². The molecule has 0 aliphatic carbocycles. The quantitative estimate of drug-likeness (QED) is 0.341. The highest BCUT2D eigenvalue weighted by Crippen LogP contribution is 2.39. The monoisotopic (exact) mass is 462 g/mol. The maximum atomic E-state index is 5.42. The summed E-state index contributed by atoms with van der Waals surface area (Å²) < 4.78 is 32.5. The van der Waals surface area contributed by atoms with Crippen LogP contribution in [0.5, 0.6) is 34.5 Å². The van der Waals surface area contributed by atoms with Crippen LogP contribution in [0.4, 0.5) is 0 Å². The number of methoxy groups -OCH3 is 6. The Balaban J connectivity index is 1.77. The fourth-order valence-electron chi connectivity index (χ4n) is 3.50. The van der Waals surface area contributed by atoms with Crippen molar-refractivity contribution in [2.75, 3.05) is 42.7 Å². The van der Waals surface area contributed by atoms with E-state index >= 15 is 0 Å². The maximum absolute atomic E-state index is 5.42. The van der Waals surface area contributed by atoms with Crippen molar-refractivity contribution in [1.82, 2.24) is 0 Å². The second kappa shape index (κ2) is 11.7. The third-order valence-electron chi connectivity index (χ3n) is 5.25. The van der Waals surface area contributed by atoms with Gasteiger partial charge in [-0.25, -0.2) is 0 Å². The lowest BCUT2D eigenvalue weighted by Crippen LogP contribution is -1.95. The predicted molar refractivity (Wildman–Crippen MR) is 136 cm³/mol. The smallest absolute Gasteiger partial charge is 0.203 e. The molecule has 0 aromatic heterocycles. The van der Waals surface area contributed by atoms with Gasteiger partial charge in [-0.05, 0) is 46.5 Å². The minimum atomic E-state index is 0.574. The summed E-state index contributed by atoms with van der Waals surface area (Å²) in [6.07, 6.45) is 8.08. The molecule has 0 amide bonds. The lowest BCUT2D eigenvalue weighted by atomic mass is 10.1. The van der Waals surface area contributed by atoms with Crippen molar-refractivity contribution in [3.8, 4) is 34.5 Å². The van der Waals surface area contributed by atoms with Gasteiger partial charge in [-0.15, -0.1) is 0 Å². The molecule has 0 radical (unpaired) electrons. The summed E-state index contributed by atoms with van der Waals surface area (Å²) in [6, 6.07) is 15.9.